The third-order valence-corrected chi connectivity index (χ3v) is 6.95. The quantitative estimate of drug-likeness (QED) is 0.349. The Morgan fingerprint density at radius 3 is 2.66 bits per heavy atom. The van der Waals surface area contributed by atoms with Crippen LogP contribution in [0.15, 0.2) is 65.2 Å². The minimum atomic E-state index is -0.0304. The summed E-state index contributed by atoms with van der Waals surface area (Å²) in [7, 11) is 3.25. The van der Waals surface area contributed by atoms with E-state index < -0.39 is 0 Å². The van der Waals surface area contributed by atoms with Gasteiger partial charge >= 0.3 is 0 Å². The second-order valence-electron chi connectivity index (χ2n) is 9.17. The lowest BCUT2D eigenvalue weighted by atomic mass is 9.86. The van der Waals surface area contributed by atoms with Gasteiger partial charge in [-0.25, -0.2) is 0 Å². The van der Waals surface area contributed by atoms with Gasteiger partial charge in [-0.1, -0.05) is 31.9 Å². The Hall–Kier alpha value is -3.80. The summed E-state index contributed by atoms with van der Waals surface area (Å²) in [6.45, 7) is 2.22. The molecule has 2 atom stereocenters. The van der Waals surface area contributed by atoms with Crippen molar-refractivity contribution < 1.29 is 18.7 Å². The Kier molecular flexibility index (Phi) is 6.45. The van der Waals surface area contributed by atoms with Crippen LogP contribution in [0.1, 0.15) is 43.0 Å². The first-order valence-corrected chi connectivity index (χ1v) is 12.1. The number of carbonyl (C=O) groups excluding carboxylic acids is 1. The lowest BCUT2D eigenvalue weighted by Gasteiger charge is -2.29. The van der Waals surface area contributed by atoms with E-state index in [0.717, 1.165) is 28.6 Å². The minimum absolute atomic E-state index is 0.0304. The first-order valence-electron chi connectivity index (χ1n) is 12.1. The van der Waals surface area contributed by atoms with E-state index in [1.54, 1.807) is 20.4 Å². The van der Waals surface area contributed by atoms with Crippen LogP contribution in [0.2, 0.25) is 0 Å². The molecular weight excluding hydrogens is 440 g/mol. The van der Waals surface area contributed by atoms with Crippen LogP contribution in [0.25, 0.3) is 33.6 Å². The van der Waals surface area contributed by atoms with Crippen LogP contribution in [0.4, 0.5) is 0 Å². The van der Waals surface area contributed by atoms with E-state index >= 15 is 0 Å². The number of aromatic nitrogens is 1. The van der Waals surface area contributed by atoms with Crippen molar-refractivity contribution >= 4 is 17.0 Å². The van der Waals surface area contributed by atoms with E-state index in [9.17, 15) is 4.79 Å². The van der Waals surface area contributed by atoms with Crippen molar-refractivity contribution in [2.75, 3.05) is 14.2 Å². The van der Waals surface area contributed by atoms with Gasteiger partial charge in [0.05, 0.1) is 19.8 Å². The Morgan fingerprint density at radius 1 is 1.00 bits per heavy atom. The van der Waals surface area contributed by atoms with Crippen LogP contribution in [0.3, 0.4) is 0 Å². The number of carbonyl (C=O) groups is 1. The van der Waals surface area contributed by atoms with Gasteiger partial charge in [0, 0.05) is 29.4 Å². The van der Waals surface area contributed by atoms with E-state index in [4.69, 9.17) is 13.9 Å². The molecular formula is C29H30N2O4. The highest BCUT2D eigenvalue weighted by Crippen LogP contribution is 2.39. The van der Waals surface area contributed by atoms with Crippen molar-refractivity contribution in [1.29, 1.82) is 0 Å². The minimum Gasteiger partial charge on any atom is -0.497 e. The summed E-state index contributed by atoms with van der Waals surface area (Å²) in [4.78, 5) is 17.6. The molecule has 2 aromatic heterocycles. The largest absolute Gasteiger partial charge is 0.497 e. The summed E-state index contributed by atoms with van der Waals surface area (Å²) in [5.74, 6) is 2.50. The monoisotopic (exact) mass is 470 g/mol. The number of hydrogen-bond acceptors (Lipinski definition) is 5. The van der Waals surface area contributed by atoms with Crippen LogP contribution in [0, 0.1) is 5.92 Å². The standard InChI is InChI=1S/C29H30N2O4/c1-18-7-4-5-10-24(18)31-29(32)20-9-6-8-19(15-20)22-13-14-30-25-17-27(35-28(22)25)23-16-21(33-2)11-12-26(23)34-3/h6,8-9,11-18,24H,4-5,7,10H2,1-3H3,(H,31,32)/t18-,24+/m0/s1. The average Bonchev–Trinajstić information content (AvgIpc) is 3.34. The molecule has 1 aliphatic carbocycles. The lowest BCUT2D eigenvalue weighted by Crippen LogP contribution is -2.41. The van der Waals surface area contributed by atoms with Crippen LogP contribution in [-0.4, -0.2) is 31.2 Å². The Balaban J connectivity index is 1.49. The summed E-state index contributed by atoms with van der Waals surface area (Å²) in [5, 5.41) is 3.25. The van der Waals surface area contributed by atoms with Gasteiger partial charge in [0.2, 0.25) is 0 Å². The molecule has 5 rings (SSSR count). The number of hydrogen-bond donors (Lipinski definition) is 1. The van der Waals surface area contributed by atoms with E-state index in [2.05, 4.69) is 17.2 Å². The second-order valence-corrected chi connectivity index (χ2v) is 9.17. The average molecular weight is 471 g/mol. The van der Waals surface area contributed by atoms with Gasteiger partial charge in [0.1, 0.15) is 22.8 Å². The number of methoxy groups -OCH3 is 2. The molecule has 2 aromatic carbocycles. The summed E-state index contributed by atoms with van der Waals surface area (Å²) in [6, 6.07) is 17.3. The number of rotatable bonds is 6. The third-order valence-electron chi connectivity index (χ3n) is 6.95. The van der Waals surface area contributed by atoms with Gasteiger partial charge < -0.3 is 19.2 Å². The highest BCUT2D eigenvalue weighted by atomic mass is 16.5. The van der Waals surface area contributed by atoms with Crippen molar-refractivity contribution in [3.63, 3.8) is 0 Å². The maximum absolute atomic E-state index is 13.1. The molecule has 6 heteroatoms. The highest BCUT2D eigenvalue weighted by Gasteiger charge is 2.23. The van der Waals surface area contributed by atoms with Crippen molar-refractivity contribution in [3.05, 3.63) is 66.4 Å². The summed E-state index contributed by atoms with van der Waals surface area (Å²) >= 11 is 0. The van der Waals surface area contributed by atoms with Crippen molar-refractivity contribution in [2.45, 2.75) is 38.6 Å². The molecule has 2 heterocycles. The number of ether oxygens (including phenoxy) is 2. The van der Waals surface area contributed by atoms with Crippen LogP contribution in [0.5, 0.6) is 11.5 Å². The predicted octanol–water partition coefficient (Wildman–Crippen LogP) is 6.49. The summed E-state index contributed by atoms with van der Waals surface area (Å²) in [5.41, 5.74) is 4.60. The fraction of sp³-hybridized carbons (Fsp3) is 0.310. The molecule has 0 saturated heterocycles. The first-order chi connectivity index (χ1) is 17.1. The molecule has 0 bridgehead atoms. The van der Waals surface area contributed by atoms with E-state index in [1.165, 1.54) is 19.3 Å². The number of amides is 1. The molecule has 0 spiro atoms. The maximum atomic E-state index is 13.1. The van der Waals surface area contributed by atoms with Gasteiger partial charge in [-0.2, -0.15) is 0 Å². The zero-order chi connectivity index (χ0) is 24.4. The molecule has 1 fully saturated rings. The number of fused-ring (bicyclic) bond motifs is 1. The van der Waals surface area contributed by atoms with Crippen molar-refractivity contribution in [1.82, 2.24) is 10.3 Å². The second kappa shape index (κ2) is 9.82. The van der Waals surface area contributed by atoms with E-state index in [1.807, 2.05) is 54.6 Å². The Morgan fingerprint density at radius 2 is 1.86 bits per heavy atom. The number of nitrogens with zero attached hydrogens (tertiary/aromatic N) is 1. The first kappa shape index (κ1) is 23.0. The van der Waals surface area contributed by atoms with E-state index in [-0.39, 0.29) is 11.9 Å². The zero-order valence-corrected chi connectivity index (χ0v) is 20.3. The summed E-state index contributed by atoms with van der Waals surface area (Å²) < 4.78 is 17.2. The molecule has 0 radical (unpaired) electrons. The number of nitrogens with one attached hydrogen (secondary N) is 1. The summed E-state index contributed by atoms with van der Waals surface area (Å²) in [6.07, 6.45) is 6.38. The van der Waals surface area contributed by atoms with Crippen molar-refractivity contribution in [3.8, 4) is 33.9 Å². The molecule has 180 valence electrons. The van der Waals surface area contributed by atoms with Gasteiger partial charge in [0.25, 0.3) is 5.91 Å². The molecule has 1 N–H and O–H groups in total. The zero-order valence-electron chi connectivity index (χ0n) is 20.3. The smallest absolute Gasteiger partial charge is 0.251 e. The van der Waals surface area contributed by atoms with Gasteiger partial charge in [-0.3, -0.25) is 9.78 Å². The molecule has 35 heavy (non-hydrogen) atoms. The molecule has 6 nitrogen and oxygen atoms in total. The van der Waals surface area contributed by atoms with Crippen LogP contribution >= 0.6 is 0 Å². The number of furan rings is 1. The van der Waals surface area contributed by atoms with Crippen molar-refractivity contribution in [2.24, 2.45) is 5.92 Å². The fourth-order valence-electron chi connectivity index (χ4n) is 4.92. The number of benzene rings is 2. The highest BCUT2D eigenvalue weighted by molar-refractivity contribution is 5.98. The Labute approximate surface area is 205 Å². The molecule has 1 saturated carbocycles. The van der Waals surface area contributed by atoms with Crippen LogP contribution in [-0.2, 0) is 0 Å². The Bertz CT molecular complexity index is 1360. The maximum Gasteiger partial charge on any atom is 0.251 e. The normalized spacial score (nSPS) is 17.8. The molecule has 0 unspecified atom stereocenters. The lowest BCUT2D eigenvalue weighted by molar-refractivity contribution is 0.0910. The molecule has 1 amide bonds. The molecule has 4 aromatic rings. The van der Waals surface area contributed by atoms with Gasteiger partial charge in [0.15, 0.2) is 5.58 Å². The van der Waals surface area contributed by atoms with Crippen LogP contribution < -0.4 is 14.8 Å². The molecule has 0 aliphatic heterocycles. The van der Waals surface area contributed by atoms with Gasteiger partial charge in [-0.15, -0.1) is 0 Å². The van der Waals surface area contributed by atoms with E-state index in [0.29, 0.717) is 34.3 Å². The third kappa shape index (κ3) is 4.61. The SMILES string of the molecule is COc1ccc(OC)c(-c2cc3nccc(-c4cccc(C(=O)N[C@@H]5CCCC[C@@H]5C)c4)c3o2)c1. The topological polar surface area (TPSA) is 73.6 Å². The van der Waals surface area contributed by atoms with Gasteiger partial charge in [-0.05, 0) is 60.7 Å². The molecule has 1 aliphatic rings. The fourth-order valence-corrected chi connectivity index (χ4v) is 4.92. The number of pyridine rings is 1. The predicted molar refractivity (Wildman–Crippen MR) is 137 cm³/mol.